The highest BCUT2D eigenvalue weighted by atomic mass is 16.4. The fourth-order valence-corrected chi connectivity index (χ4v) is 3.18. The van der Waals surface area contributed by atoms with E-state index in [1.807, 2.05) is 6.92 Å². The van der Waals surface area contributed by atoms with Crippen LogP contribution in [0.1, 0.15) is 137 Å². The zero-order valence-electron chi connectivity index (χ0n) is 19.7. The van der Waals surface area contributed by atoms with Crippen LogP contribution >= 0.6 is 0 Å². The van der Waals surface area contributed by atoms with Crippen molar-refractivity contribution in [3.63, 3.8) is 0 Å². The number of carboxylic acid groups (broad SMARTS) is 1. The largest absolute Gasteiger partial charge is 0.481 e. The minimum atomic E-state index is -0.653. The van der Waals surface area contributed by atoms with Crippen LogP contribution in [-0.4, -0.2) is 23.3 Å². The molecule has 4 N–H and O–H groups in total. The third kappa shape index (κ3) is 27.6. The molecule has 0 aromatic heterocycles. The molecule has 1 atom stereocenters. The minimum Gasteiger partial charge on any atom is -0.481 e. The van der Waals surface area contributed by atoms with Gasteiger partial charge in [-0.15, -0.1) is 0 Å². The SMILES string of the molecule is CCCCCCCCCCCCCCCCCC(=O)O.CCNC(C)(N)CC. The van der Waals surface area contributed by atoms with Crippen molar-refractivity contribution in [1.82, 2.24) is 5.32 Å². The van der Waals surface area contributed by atoms with E-state index in [2.05, 4.69) is 26.1 Å². The molecule has 0 bridgehead atoms. The monoisotopic (exact) mass is 400 g/mol. The Morgan fingerprint density at radius 1 is 0.750 bits per heavy atom. The standard InChI is InChI=1S/C18H36O2.C6H16N2/c1-2-3-4-5-6-7-8-9-10-11-12-13-14-15-16-17-18(19)20;1-4-6(3,7)8-5-2/h2-17H2,1H3,(H,19,20);8H,4-5,7H2,1-3H3. The molecule has 0 aromatic rings. The Morgan fingerprint density at radius 3 is 1.36 bits per heavy atom. The average molecular weight is 401 g/mol. The zero-order chi connectivity index (χ0) is 21.5. The molecule has 0 aliphatic rings. The van der Waals surface area contributed by atoms with Gasteiger partial charge in [-0.1, -0.05) is 111 Å². The molecule has 0 rings (SSSR count). The number of carboxylic acids is 1. The van der Waals surface area contributed by atoms with Crippen LogP contribution in [-0.2, 0) is 4.79 Å². The highest BCUT2D eigenvalue weighted by molar-refractivity contribution is 5.66. The van der Waals surface area contributed by atoms with Gasteiger partial charge in [0.2, 0.25) is 0 Å². The Kier molecular flexibility index (Phi) is 24.0. The van der Waals surface area contributed by atoms with Crippen molar-refractivity contribution in [3.8, 4) is 0 Å². The molecule has 0 aromatic carbocycles. The summed E-state index contributed by atoms with van der Waals surface area (Å²) in [6, 6.07) is 0. The molecule has 0 radical (unpaired) electrons. The Balaban J connectivity index is 0. The molecular formula is C24H52N2O2. The molecule has 0 saturated heterocycles. The van der Waals surface area contributed by atoms with Crippen LogP contribution in [0.4, 0.5) is 0 Å². The third-order valence-corrected chi connectivity index (χ3v) is 5.31. The smallest absolute Gasteiger partial charge is 0.303 e. The Hall–Kier alpha value is -0.610. The molecule has 0 aliphatic heterocycles. The zero-order valence-corrected chi connectivity index (χ0v) is 19.7. The highest BCUT2D eigenvalue weighted by Gasteiger charge is 2.11. The number of hydrogen-bond acceptors (Lipinski definition) is 3. The Morgan fingerprint density at radius 2 is 1.11 bits per heavy atom. The number of nitrogens with two attached hydrogens (primary N) is 1. The maximum absolute atomic E-state index is 10.3. The molecule has 28 heavy (non-hydrogen) atoms. The number of hydrogen-bond donors (Lipinski definition) is 3. The summed E-state index contributed by atoms with van der Waals surface area (Å²) >= 11 is 0. The molecule has 0 aliphatic carbocycles. The van der Waals surface area contributed by atoms with Crippen molar-refractivity contribution in [3.05, 3.63) is 0 Å². The second-order valence-corrected chi connectivity index (χ2v) is 8.39. The van der Waals surface area contributed by atoms with E-state index in [1.54, 1.807) is 0 Å². The van der Waals surface area contributed by atoms with E-state index in [9.17, 15) is 4.79 Å². The quantitative estimate of drug-likeness (QED) is 0.161. The van der Waals surface area contributed by atoms with Crippen LogP contribution in [0.3, 0.4) is 0 Å². The van der Waals surface area contributed by atoms with Crippen LogP contribution in [0.25, 0.3) is 0 Å². The first kappa shape index (κ1) is 29.6. The van der Waals surface area contributed by atoms with Gasteiger partial charge in [0.1, 0.15) is 0 Å². The summed E-state index contributed by atoms with van der Waals surface area (Å²) in [6.45, 7) is 9.34. The highest BCUT2D eigenvalue weighted by Crippen LogP contribution is 2.13. The van der Waals surface area contributed by atoms with Gasteiger partial charge in [-0.25, -0.2) is 0 Å². The van der Waals surface area contributed by atoms with Crippen molar-refractivity contribution in [1.29, 1.82) is 0 Å². The summed E-state index contributed by atoms with van der Waals surface area (Å²) in [6.07, 6.45) is 21.2. The lowest BCUT2D eigenvalue weighted by Crippen LogP contribution is -2.49. The Labute approximate surface area is 176 Å². The first-order valence-electron chi connectivity index (χ1n) is 12.1. The van der Waals surface area contributed by atoms with Crippen LogP contribution < -0.4 is 11.1 Å². The summed E-state index contributed by atoms with van der Waals surface area (Å²) in [7, 11) is 0. The fourth-order valence-electron chi connectivity index (χ4n) is 3.18. The van der Waals surface area contributed by atoms with Crippen LogP contribution in [0, 0.1) is 0 Å². The van der Waals surface area contributed by atoms with Crippen molar-refractivity contribution in [2.24, 2.45) is 5.73 Å². The second kappa shape index (κ2) is 22.7. The summed E-state index contributed by atoms with van der Waals surface area (Å²) < 4.78 is 0. The van der Waals surface area contributed by atoms with Crippen LogP contribution in [0.2, 0.25) is 0 Å². The van der Waals surface area contributed by atoms with Crippen molar-refractivity contribution < 1.29 is 9.90 Å². The predicted molar refractivity (Wildman–Crippen MR) is 124 cm³/mol. The van der Waals surface area contributed by atoms with Crippen molar-refractivity contribution in [2.75, 3.05) is 6.54 Å². The molecule has 0 saturated carbocycles. The van der Waals surface area contributed by atoms with Crippen LogP contribution in [0.5, 0.6) is 0 Å². The van der Waals surface area contributed by atoms with Gasteiger partial charge in [0, 0.05) is 6.42 Å². The number of aliphatic carboxylic acids is 1. The Bertz CT molecular complexity index is 320. The van der Waals surface area contributed by atoms with Gasteiger partial charge in [0.25, 0.3) is 0 Å². The summed E-state index contributed by atoms with van der Waals surface area (Å²) in [4.78, 5) is 10.3. The lowest BCUT2D eigenvalue weighted by molar-refractivity contribution is -0.137. The van der Waals surface area contributed by atoms with Crippen LogP contribution in [0.15, 0.2) is 0 Å². The van der Waals surface area contributed by atoms with Gasteiger partial charge in [-0.2, -0.15) is 0 Å². The maximum atomic E-state index is 10.3. The summed E-state index contributed by atoms with van der Waals surface area (Å²) in [5.74, 6) is -0.653. The van der Waals surface area contributed by atoms with E-state index in [-0.39, 0.29) is 5.66 Å². The molecule has 1 unspecified atom stereocenters. The van der Waals surface area contributed by atoms with Gasteiger partial charge < -0.3 is 16.2 Å². The van der Waals surface area contributed by atoms with Gasteiger partial charge in [-0.05, 0) is 26.3 Å². The summed E-state index contributed by atoms with van der Waals surface area (Å²) in [5.41, 5.74) is 5.56. The predicted octanol–water partition coefficient (Wildman–Crippen LogP) is 7.01. The third-order valence-electron chi connectivity index (χ3n) is 5.31. The topological polar surface area (TPSA) is 75.3 Å². The number of unbranched alkanes of at least 4 members (excludes halogenated alkanes) is 14. The van der Waals surface area contributed by atoms with E-state index in [0.29, 0.717) is 6.42 Å². The van der Waals surface area contributed by atoms with Crippen molar-refractivity contribution >= 4 is 5.97 Å². The lowest BCUT2D eigenvalue weighted by atomic mass is 10.0. The lowest BCUT2D eigenvalue weighted by Gasteiger charge is -2.23. The fraction of sp³-hybridized carbons (Fsp3) is 0.958. The molecular weight excluding hydrogens is 348 g/mol. The molecule has 0 spiro atoms. The van der Waals surface area contributed by atoms with E-state index in [0.717, 1.165) is 25.8 Å². The molecule has 170 valence electrons. The summed E-state index contributed by atoms with van der Waals surface area (Å²) in [5, 5.41) is 11.7. The normalized spacial score (nSPS) is 12.9. The maximum Gasteiger partial charge on any atom is 0.303 e. The first-order chi connectivity index (χ1) is 13.4. The molecule has 4 heteroatoms. The average Bonchev–Trinajstić information content (AvgIpc) is 2.65. The van der Waals surface area contributed by atoms with Gasteiger partial charge in [0.05, 0.1) is 5.66 Å². The van der Waals surface area contributed by atoms with E-state index >= 15 is 0 Å². The second-order valence-electron chi connectivity index (χ2n) is 8.39. The van der Waals surface area contributed by atoms with E-state index in [4.69, 9.17) is 10.8 Å². The van der Waals surface area contributed by atoms with E-state index < -0.39 is 5.97 Å². The molecule has 0 amide bonds. The molecule has 0 heterocycles. The molecule has 0 fully saturated rings. The van der Waals surface area contributed by atoms with Gasteiger partial charge >= 0.3 is 5.97 Å². The first-order valence-corrected chi connectivity index (χ1v) is 12.1. The number of nitrogens with one attached hydrogen (secondary N) is 1. The van der Waals surface area contributed by atoms with Gasteiger partial charge in [0.15, 0.2) is 0 Å². The molecule has 4 nitrogen and oxygen atoms in total. The number of rotatable bonds is 19. The van der Waals surface area contributed by atoms with Crippen molar-refractivity contribution in [2.45, 2.75) is 143 Å². The van der Waals surface area contributed by atoms with E-state index in [1.165, 1.54) is 83.5 Å². The van der Waals surface area contributed by atoms with Gasteiger partial charge in [-0.3, -0.25) is 4.79 Å². The number of carbonyl (C=O) groups is 1. The minimum absolute atomic E-state index is 0.158.